The minimum atomic E-state index is -1.16. The number of aromatic carboxylic acids is 1. The number of piperidine rings is 1. The predicted molar refractivity (Wildman–Crippen MR) is 245 cm³/mol. The molecule has 3 N–H and O–H groups in total. The van der Waals surface area contributed by atoms with E-state index in [9.17, 15) is 29.4 Å². The number of nitrogens with one attached hydrogen (secondary N) is 1. The molecule has 3 amide bonds. The minimum absolute atomic E-state index is 0.186. The van der Waals surface area contributed by atoms with Crippen molar-refractivity contribution in [3.63, 3.8) is 0 Å². The van der Waals surface area contributed by atoms with Crippen LogP contribution in [0.3, 0.4) is 0 Å². The molecular weight excluding hydrogens is 850 g/mol. The van der Waals surface area contributed by atoms with Gasteiger partial charge < -0.3 is 39.4 Å². The summed E-state index contributed by atoms with van der Waals surface area (Å²) in [4.78, 5) is 57.6. The molecule has 2 fully saturated rings. The van der Waals surface area contributed by atoms with Crippen LogP contribution in [-0.4, -0.2) is 121 Å². The normalized spacial score (nSPS) is 17.8. The van der Waals surface area contributed by atoms with E-state index in [1.165, 1.54) is 0 Å². The number of hydrogen-bond donors (Lipinski definition) is 3. The van der Waals surface area contributed by atoms with Crippen molar-refractivity contribution in [2.75, 3.05) is 45.9 Å². The van der Waals surface area contributed by atoms with Gasteiger partial charge in [0, 0.05) is 91.5 Å². The van der Waals surface area contributed by atoms with Crippen LogP contribution in [0.25, 0.3) is 32.8 Å². The van der Waals surface area contributed by atoms with Crippen LogP contribution in [0, 0.1) is 13.8 Å². The lowest BCUT2D eigenvalue weighted by atomic mass is 9.98. The monoisotopic (exact) mass is 901 g/mol. The Morgan fingerprint density at radius 1 is 0.892 bits per heavy atom. The average Bonchev–Trinajstić information content (AvgIpc) is 3.90. The van der Waals surface area contributed by atoms with Gasteiger partial charge in [0.25, 0.3) is 11.8 Å². The van der Waals surface area contributed by atoms with Crippen LogP contribution >= 0.6 is 11.6 Å². The highest BCUT2D eigenvalue weighted by atomic mass is 35.5. The number of carbonyl (C=O) groups is 4. The van der Waals surface area contributed by atoms with Crippen molar-refractivity contribution < 1.29 is 38.9 Å². The van der Waals surface area contributed by atoms with Crippen molar-refractivity contribution in [1.82, 2.24) is 34.4 Å². The summed E-state index contributed by atoms with van der Waals surface area (Å²) in [5.41, 5.74) is 6.14. The van der Waals surface area contributed by atoms with Crippen LogP contribution in [0.15, 0.2) is 72.8 Å². The first-order valence-electron chi connectivity index (χ1n) is 22.1. The molecule has 338 valence electrons. The van der Waals surface area contributed by atoms with Crippen LogP contribution in [0.2, 0.25) is 5.02 Å². The molecule has 65 heavy (non-hydrogen) atoms. The summed E-state index contributed by atoms with van der Waals surface area (Å²) in [6.45, 7) is 7.27. The SMILES string of the molecule is Cc1nn(C)c(C)c1-c1c(Cl)ccc2c(CCCOc3cccc4ccccc34)c(C(=O)O)n(CCN3CCN(C(=O)COc4cccc5c4CN(C4CCC(=O)NC4O)C5=O)CC3)c12. The van der Waals surface area contributed by atoms with E-state index in [1.807, 2.05) is 84.7 Å². The Morgan fingerprint density at radius 2 is 1.65 bits per heavy atom. The number of carbonyl (C=O) groups excluding carboxylic acids is 3. The van der Waals surface area contributed by atoms with Gasteiger partial charge in [-0.25, -0.2) is 4.79 Å². The van der Waals surface area contributed by atoms with E-state index in [4.69, 9.17) is 21.1 Å². The summed E-state index contributed by atoms with van der Waals surface area (Å²) in [6.07, 6.45) is 0.453. The molecule has 2 unspecified atom stereocenters. The third-order valence-corrected chi connectivity index (χ3v) is 13.5. The zero-order chi connectivity index (χ0) is 45.5. The standard InChI is InChI=1S/C49H52ClN7O8/c1-29-43(30(2)53(3)52-29)44-37(50)17-16-34-33(13-8-26-64-39-14-6-10-31-9-4-5-11-32(31)39)46(49(62)63)56(45(34)44)25-22-54-20-23-55(24-21-54)42(59)28-65-40-15-7-12-35-36(40)27-57(48(35)61)38-18-19-41(58)51-47(38)60/h4-7,9-12,14-17,38,47,60H,8,13,18-28H2,1-3H3,(H,51,58)(H,62,63). The molecule has 0 bridgehead atoms. The molecule has 2 aromatic heterocycles. The maximum absolute atomic E-state index is 13.5. The highest BCUT2D eigenvalue weighted by Crippen LogP contribution is 2.42. The molecule has 15 nitrogen and oxygen atoms in total. The Bertz CT molecular complexity index is 2840. The summed E-state index contributed by atoms with van der Waals surface area (Å²) in [6, 6.07) is 22.4. The molecule has 6 aromatic rings. The van der Waals surface area contributed by atoms with Crippen LogP contribution in [0.1, 0.15) is 62.6 Å². The Morgan fingerprint density at radius 3 is 2.40 bits per heavy atom. The number of carboxylic acid groups (broad SMARTS) is 1. The number of carboxylic acids is 1. The number of aryl methyl sites for hydroxylation is 3. The lowest BCUT2D eigenvalue weighted by Crippen LogP contribution is -2.55. The molecule has 4 aromatic carbocycles. The van der Waals surface area contributed by atoms with E-state index >= 15 is 0 Å². The van der Waals surface area contributed by atoms with Crippen molar-refractivity contribution in [3.8, 4) is 22.6 Å². The smallest absolute Gasteiger partial charge is 0.352 e. The zero-order valence-corrected chi connectivity index (χ0v) is 37.4. The third kappa shape index (κ3) is 8.39. The second-order valence-electron chi connectivity index (χ2n) is 17.0. The van der Waals surface area contributed by atoms with Gasteiger partial charge in [0.1, 0.15) is 23.4 Å². The number of ether oxygens (including phenoxy) is 2. The Labute approximate surface area is 381 Å². The van der Waals surface area contributed by atoms with Gasteiger partial charge in [-0.3, -0.25) is 24.0 Å². The molecule has 16 heteroatoms. The first-order valence-corrected chi connectivity index (χ1v) is 22.5. The lowest BCUT2D eigenvalue weighted by Gasteiger charge is -2.35. The number of aliphatic hydroxyl groups is 1. The van der Waals surface area contributed by atoms with E-state index in [0.29, 0.717) is 87.0 Å². The van der Waals surface area contributed by atoms with Crippen molar-refractivity contribution in [1.29, 1.82) is 0 Å². The molecule has 3 aliphatic heterocycles. The van der Waals surface area contributed by atoms with Gasteiger partial charge in [-0.05, 0) is 68.3 Å². The number of aromatic nitrogens is 3. The van der Waals surface area contributed by atoms with Gasteiger partial charge >= 0.3 is 5.97 Å². The summed E-state index contributed by atoms with van der Waals surface area (Å²) in [7, 11) is 1.89. The van der Waals surface area contributed by atoms with E-state index in [-0.39, 0.29) is 43.0 Å². The summed E-state index contributed by atoms with van der Waals surface area (Å²) < 4.78 is 16.1. The molecule has 5 heterocycles. The van der Waals surface area contributed by atoms with Crippen molar-refractivity contribution in [3.05, 3.63) is 112 Å². The van der Waals surface area contributed by atoms with Gasteiger partial charge in [-0.1, -0.05) is 60.1 Å². The lowest BCUT2D eigenvalue weighted by molar-refractivity contribution is -0.135. The minimum Gasteiger partial charge on any atom is -0.493 e. The molecule has 0 aliphatic carbocycles. The van der Waals surface area contributed by atoms with Gasteiger partial charge in [-0.15, -0.1) is 0 Å². The molecular formula is C49H52ClN7O8. The molecule has 2 saturated heterocycles. The quantitative estimate of drug-likeness (QED) is 0.111. The fraction of sp³-hybridized carbons (Fsp3) is 0.367. The first kappa shape index (κ1) is 43.8. The summed E-state index contributed by atoms with van der Waals surface area (Å²) >= 11 is 7.07. The maximum Gasteiger partial charge on any atom is 0.352 e. The number of benzene rings is 4. The van der Waals surface area contributed by atoms with Gasteiger partial charge in [0.2, 0.25) is 5.91 Å². The van der Waals surface area contributed by atoms with Crippen molar-refractivity contribution in [2.24, 2.45) is 7.05 Å². The largest absolute Gasteiger partial charge is 0.493 e. The third-order valence-electron chi connectivity index (χ3n) is 13.2. The van der Waals surface area contributed by atoms with Gasteiger partial charge in [-0.2, -0.15) is 5.10 Å². The molecule has 0 saturated carbocycles. The number of amides is 3. The predicted octanol–water partition coefficient (Wildman–Crippen LogP) is 5.95. The Kier molecular flexibility index (Phi) is 12.3. The second-order valence-corrected chi connectivity index (χ2v) is 17.5. The van der Waals surface area contributed by atoms with E-state index < -0.39 is 18.2 Å². The van der Waals surface area contributed by atoms with Crippen LogP contribution < -0.4 is 14.8 Å². The topological polar surface area (TPSA) is 172 Å². The van der Waals surface area contributed by atoms with Crippen LogP contribution in [0.4, 0.5) is 0 Å². The number of rotatable bonds is 14. The van der Waals surface area contributed by atoms with Crippen LogP contribution in [0.5, 0.6) is 11.5 Å². The van der Waals surface area contributed by atoms with Crippen molar-refractivity contribution >= 4 is 57.0 Å². The summed E-state index contributed by atoms with van der Waals surface area (Å²) in [5.74, 6) is -0.500. The fourth-order valence-electron chi connectivity index (χ4n) is 9.86. The zero-order valence-electron chi connectivity index (χ0n) is 36.7. The number of fused-ring (bicyclic) bond motifs is 3. The Balaban J connectivity index is 0.894. The number of piperazine rings is 1. The second kappa shape index (κ2) is 18.2. The Hall–Kier alpha value is -6.42. The highest BCUT2D eigenvalue weighted by Gasteiger charge is 2.40. The summed E-state index contributed by atoms with van der Waals surface area (Å²) in [5, 5.41) is 32.1. The fourth-order valence-corrected chi connectivity index (χ4v) is 10.1. The maximum atomic E-state index is 13.5. The molecule has 0 radical (unpaired) electrons. The molecule has 3 aliphatic rings. The van der Waals surface area contributed by atoms with Crippen molar-refractivity contribution in [2.45, 2.75) is 64.9 Å². The number of hydrogen-bond acceptors (Lipinski definition) is 9. The molecule has 2 atom stereocenters. The van der Waals surface area contributed by atoms with E-state index in [2.05, 4.69) is 15.3 Å². The average molecular weight is 902 g/mol. The first-order chi connectivity index (χ1) is 31.4. The highest BCUT2D eigenvalue weighted by molar-refractivity contribution is 6.35. The number of halogens is 1. The van der Waals surface area contributed by atoms with Gasteiger partial charge in [0.05, 0.1) is 35.4 Å². The molecule has 9 rings (SSSR count). The number of nitrogens with zero attached hydrogens (tertiary/aromatic N) is 6. The number of aliphatic hydroxyl groups excluding tert-OH is 1. The van der Waals surface area contributed by atoms with Gasteiger partial charge in [0.15, 0.2) is 6.61 Å². The van der Waals surface area contributed by atoms with Crippen LogP contribution in [-0.2, 0) is 36.1 Å². The van der Waals surface area contributed by atoms with E-state index in [1.54, 1.807) is 28.0 Å². The van der Waals surface area contributed by atoms with E-state index in [0.717, 1.165) is 55.5 Å². The molecule has 0 spiro atoms.